The number of nitrogens with zero attached hydrogens (tertiary/aromatic N) is 6. The summed E-state index contributed by atoms with van der Waals surface area (Å²) in [6.07, 6.45) is 4.75. The summed E-state index contributed by atoms with van der Waals surface area (Å²) >= 11 is 0. The highest BCUT2D eigenvalue weighted by Crippen LogP contribution is 2.25. The zero-order valence-corrected chi connectivity index (χ0v) is 34.2. The number of hydrogen-bond donors (Lipinski definition) is 1. The first-order valence-corrected chi connectivity index (χ1v) is 20.1. The van der Waals surface area contributed by atoms with Crippen molar-refractivity contribution in [1.29, 1.82) is 0 Å². The fourth-order valence-corrected chi connectivity index (χ4v) is 7.27. The highest BCUT2D eigenvalue weighted by molar-refractivity contribution is 5.96. The number of rotatable bonds is 10. The Morgan fingerprint density at radius 3 is 2.07 bits per heavy atom. The van der Waals surface area contributed by atoms with Gasteiger partial charge in [0, 0.05) is 77.8 Å². The summed E-state index contributed by atoms with van der Waals surface area (Å²) in [5, 5.41) is 7.96. The number of allylic oxidation sites excluding steroid dienone is 1. The smallest absolute Gasteiger partial charge is 0.272 e. The molecule has 2 fully saturated rings. The van der Waals surface area contributed by atoms with Crippen molar-refractivity contribution in [2.24, 2.45) is 0 Å². The molecule has 0 unspecified atom stereocenters. The van der Waals surface area contributed by atoms with Crippen LogP contribution in [-0.4, -0.2) is 132 Å². The van der Waals surface area contributed by atoms with Crippen molar-refractivity contribution in [3.8, 4) is 11.1 Å². The Kier molecular flexibility index (Phi) is 14.7. The summed E-state index contributed by atoms with van der Waals surface area (Å²) in [5.41, 5.74) is 1.70. The zero-order valence-electron chi connectivity index (χ0n) is 34.2. The molecule has 14 heteroatoms. The normalized spacial score (nSPS) is 14.9. The Morgan fingerprint density at radius 2 is 1.40 bits per heavy atom. The van der Waals surface area contributed by atoms with E-state index in [0.717, 1.165) is 37.1 Å². The molecule has 3 amide bonds. The van der Waals surface area contributed by atoms with Crippen molar-refractivity contribution >= 4 is 28.5 Å². The van der Waals surface area contributed by atoms with Crippen LogP contribution >= 0.6 is 0 Å². The van der Waals surface area contributed by atoms with Crippen molar-refractivity contribution in [2.45, 2.75) is 19.8 Å². The van der Waals surface area contributed by atoms with Crippen LogP contribution in [0.5, 0.6) is 0 Å². The predicted molar refractivity (Wildman–Crippen MR) is 226 cm³/mol. The maximum absolute atomic E-state index is 14.7. The van der Waals surface area contributed by atoms with Crippen LogP contribution < -0.4 is 5.56 Å². The molecule has 2 aliphatic rings. The monoisotopic (exact) mass is 821 g/mol. The van der Waals surface area contributed by atoms with E-state index in [0.29, 0.717) is 74.3 Å². The number of halogens is 3. The lowest BCUT2D eigenvalue weighted by Crippen LogP contribution is -2.54. The number of hydrogen-bond acceptors (Lipinski definition) is 7. The second kappa shape index (κ2) is 20.2. The van der Waals surface area contributed by atoms with Gasteiger partial charge in [0.1, 0.15) is 23.0 Å². The van der Waals surface area contributed by atoms with Gasteiger partial charge in [0.2, 0.25) is 5.91 Å². The van der Waals surface area contributed by atoms with E-state index in [1.807, 2.05) is 37.3 Å². The standard InChI is InChI=1S/C27H31FN6O3.C19H19F2NO/c1-31-8-10-32(11-9-31)18-25(35)33-12-14-34(15-13-33)27(37)22-16-19(6-7-23(22)28)17-24-20-4-2-3-5-21(20)26(36)30-29-24;1-3-4-8-11-22(2)19(23)18-16(20)12-15(13-17(18)21)14-9-6-5-7-10-14/h2-7,16H,8-15,17-18H2,1H3,(H,30,36);3-7,9-10,12-13H,8,11H2,1-2H3/b;4-3-. The van der Waals surface area contributed by atoms with E-state index in [1.165, 1.54) is 30.1 Å². The summed E-state index contributed by atoms with van der Waals surface area (Å²) in [6, 6.07) is 23.0. The molecule has 314 valence electrons. The topological polar surface area (TPSA) is 113 Å². The first-order chi connectivity index (χ1) is 28.9. The van der Waals surface area contributed by atoms with E-state index >= 15 is 0 Å². The Hall–Kier alpha value is -6.12. The van der Waals surface area contributed by atoms with Gasteiger partial charge in [-0.05, 0) is 67.4 Å². The second-order valence-electron chi connectivity index (χ2n) is 15.1. The van der Waals surface area contributed by atoms with Gasteiger partial charge in [-0.2, -0.15) is 5.10 Å². The van der Waals surface area contributed by atoms with Crippen LogP contribution in [0.15, 0.2) is 102 Å². The Balaban J connectivity index is 0.000000226. The van der Waals surface area contributed by atoms with Crippen molar-refractivity contribution in [1.82, 2.24) is 34.7 Å². The number of carbonyl (C=O) groups is 3. The number of likely N-dealkylation sites (N-methyl/N-ethyl adjacent to an activating group) is 1. The molecule has 3 heterocycles. The fourth-order valence-electron chi connectivity index (χ4n) is 7.27. The van der Waals surface area contributed by atoms with Gasteiger partial charge in [-0.15, -0.1) is 0 Å². The molecule has 0 bridgehead atoms. The van der Waals surface area contributed by atoms with Gasteiger partial charge in [0.05, 0.1) is 23.2 Å². The second-order valence-corrected chi connectivity index (χ2v) is 15.1. The zero-order chi connectivity index (χ0) is 42.8. The SMILES string of the molecule is C/C=C\CCN(C)C(=O)c1c(F)cc(-c2ccccc2)cc1F.CN1CCN(CC(=O)N2CCN(C(=O)c3cc(Cc4n[nH]c(=O)c5ccccc45)ccc3F)CC2)CC1. The van der Waals surface area contributed by atoms with Crippen molar-refractivity contribution in [3.05, 3.63) is 147 Å². The Bertz CT molecular complexity index is 2370. The molecule has 11 nitrogen and oxygen atoms in total. The van der Waals surface area contributed by atoms with E-state index in [4.69, 9.17) is 0 Å². The third kappa shape index (κ3) is 10.7. The average Bonchev–Trinajstić information content (AvgIpc) is 3.26. The molecule has 4 aromatic carbocycles. The van der Waals surface area contributed by atoms with E-state index < -0.39 is 28.9 Å². The number of nitrogens with one attached hydrogen (secondary N) is 1. The van der Waals surface area contributed by atoms with Crippen LogP contribution in [0.25, 0.3) is 21.9 Å². The quantitative estimate of drug-likeness (QED) is 0.176. The van der Waals surface area contributed by atoms with Gasteiger partial charge in [-0.3, -0.25) is 24.1 Å². The molecular formula is C46H50F3N7O4. The highest BCUT2D eigenvalue weighted by Gasteiger charge is 2.28. The molecule has 0 aliphatic carbocycles. The minimum absolute atomic E-state index is 0.00319. The van der Waals surface area contributed by atoms with Crippen molar-refractivity contribution < 1.29 is 27.6 Å². The summed E-state index contributed by atoms with van der Waals surface area (Å²) in [5.74, 6) is -3.22. The molecule has 0 saturated carbocycles. The van der Waals surface area contributed by atoms with Crippen LogP contribution in [0, 0.1) is 17.5 Å². The maximum atomic E-state index is 14.7. The molecule has 0 spiro atoms. The number of fused-ring (bicyclic) bond motifs is 1. The summed E-state index contributed by atoms with van der Waals surface area (Å²) in [7, 11) is 3.62. The molecule has 2 aliphatic heterocycles. The van der Waals surface area contributed by atoms with Crippen LogP contribution in [0.1, 0.15) is 45.3 Å². The van der Waals surface area contributed by atoms with Crippen LogP contribution in [-0.2, 0) is 11.2 Å². The van der Waals surface area contributed by atoms with Crippen molar-refractivity contribution in [2.75, 3.05) is 79.5 Å². The van der Waals surface area contributed by atoms with Gasteiger partial charge in [-0.1, -0.05) is 66.7 Å². The number of benzene rings is 4. The van der Waals surface area contributed by atoms with Gasteiger partial charge in [-0.25, -0.2) is 18.3 Å². The molecule has 0 radical (unpaired) electrons. The van der Waals surface area contributed by atoms with E-state index in [1.54, 1.807) is 58.3 Å². The molecule has 0 atom stereocenters. The van der Waals surface area contributed by atoms with Gasteiger partial charge in [0.25, 0.3) is 17.4 Å². The summed E-state index contributed by atoms with van der Waals surface area (Å²) in [6.45, 7) is 7.94. The summed E-state index contributed by atoms with van der Waals surface area (Å²) in [4.78, 5) is 59.4. The van der Waals surface area contributed by atoms with Gasteiger partial charge in [0.15, 0.2) is 0 Å². The number of carbonyl (C=O) groups excluding carboxylic acids is 3. The number of piperazine rings is 2. The van der Waals surface area contributed by atoms with E-state index in [-0.39, 0.29) is 22.9 Å². The molecule has 2 saturated heterocycles. The lowest BCUT2D eigenvalue weighted by Gasteiger charge is -2.37. The largest absolute Gasteiger partial charge is 0.341 e. The fraction of sp³-hybridized carbons (Fsp3) is 0.326. The first kappa shape index (κ1) is 43.5. The third-order valence-electron chi connectivity index (χ3n) is 10.9. The number of aromatic amines is 1. The lowest BCUT2D eigenvalue weighted by molar-refractivity contribution is -0.134. The minimum Gasteiger partial charge on any atom is -0.341 e. The Morgan fingerprint density at radius 1 is 0.767 bits per heavy atom. The summed E-state index contributed by atoms with van der Waals surface area (Å²) < 4.78 is 43.3. The number of aromatic nitrogens is 2. The van der Waals surface area contributed by atoms with Crippen LogP contribution in [0.4, 0.5) is 13.2 Å². The lowest BCUT2D eigenvalue weighted by atomic mass is 10.0. The Labute approximate surface area is 347 Å². The highest BCUT2D eigenvalue weighted by atomic mass is 19.1. The average molecular weight is 822 g/mol. The molecule has 1 N–H and O–H groups in total. The first-order valence-electron chi connectivity index (χ1n) is 20.1. The minimum atomic E-state index is -0.841. The molecular weight excluding hydrogens is 772 g/mol. The molecule has 5 aromatic rings. The van der Waals surface area contributed by atoms with Gasteiger partial charge >= 0.3 is 0 Å². The van der Waals surface area contributed by atoms with Gasteiger partial charge < -0.3 is 19.6 Å². The van der Waals surface area contributed by atoms with Crippen LogP contribution in [0.2, 0.25) is 0 Å². The maximum Gasteiger partial charge on any atom is 0.272 e. The molecule has 1 aromatic heterocycles. The van der Waals surface area contributed by atoms with Crippen molar-refractivity contribution in [3.63, 3.8) is 0 Å². The predicted octanol–water partition coefficient (Wildman–Crippen LogP) is 5.85. The van der Waals surface area contributed by atoms with Crippen LogP contribution in [0.3, 0.4) is 0 Å². The molecule has 60 heavy (non-hydrogen) atoms. The van der Waals surface area contributed by atoms with E-state index in [9.17, 15) is 32.3 Å². The third-order valence-corrected chi connectivity index (χ3v) is 10.9. The number of H-pyrrole nitrogens is 1. The van der Waals surface area contributed by atoms with E-state index in [2.05, 4.69) is 27.0 Å². The molecule has 7 rings (SSSR count). The number of amides is 3.